The van der Waals surface area contributed by atoms with Crippen molar-refractivity contribution < 1.29 is 22.8 Å². The number of alkyl halides is 3. The quantitative estimate of drug-likeness (QED) is 0.0968. The molecule has 0 saturated carbocycles. The van der Waals surface area contributed by atoms with Crippen LogP contribution in [0, 0.1) is 10.1 Å². The zero-order chi connectivity index (χ0) is 30.9. The van der Waals surface area contributed by atoms with Crippen molar-refractivity contribution in [3.63, 3.8) is 0 Å². The van der Waals surface area contributed by atoms with Crippen LogP contribution in [0.2, 0.25) is 10.0 Å². The number of nitrogens with zero attached hydrogens (tertiary/aromatic N) is 4. The topological polar surface area (TPSA) is 99.6 Å². The summed E-state index contributed by atoms with van der Waals surface area (Å²) in [5, 5.41) is 17.0. The van der Waals surface area contributed by atoms with Crippen LogP contribution in [0.3, 0.4) is 0 Å². The molecule has 8 nitrogen and oxygen atoms in total. The van der Waals surface area contributed by atoms with Crippen LogP contribution in [0.5, 0.6) is 5.75 Å². The van der Waals surface area contributed by atoms with E-state index in [1.165, 1.54) is 36.4 Å². The molecule has 0 amide bonds. The third kappa shape index (κ3) is 6.56. The Morgan fingerprint density at radius 3 is 2.53 bits per heavy atom. The first-order chi connectivity index (χ1) is 20.4. The summed E-state index contributed by atoms with van der Waals surface area (Å²) in [5.74, 6) is -0.234. The molecule has 5 rings (SSSR count). The van der Waals surface area contributed by atoms with Crippen LogP contribution >= 0.6 is 39.1 Å². The first-order valence-corrected chi connectivity index (χ1v) is 13.8. The number of fused-ring (bicyclic) bond motifs is 1. The highest BCUT2D eigenvalue weighted by Crippen LogP contribution is 2.37. The number of benzene rings is 4. The number of halogens is 6. The molecule has 0 aliphatic rings. The zero-order valence-electron chi connectivity index (χ0n) is 21.5. The fourth-order valence-corrected chi connectivity index (χ4v) is 5.16. The molecular formula is C29H16BrCl2F3N4O4. The minimum atomic E-state index is -4.63. The van der Waals surface area contributed by atoms with Gasteiger partial charge in [-0.15, -0.1) is 0 Å². The van der Waals surface area contributed by atoms with E-state index < -0.39 is 27.9 Å². The van der Waals surface area contributed by atoms with Crippen LogP contribution < -0.4 is 10.3 Å². The van der Waals surface area contributed by atoms with Crippen molar-refractivity contribution in [3.05, 3.63) is 131 Å². The molecule has 14 heteroatoms. The van der Waals surface area contributed by atoms with Crippen molar-refractivity contribution in [2.75, 3.05) is 0 Å². The first-order valence-electron chi connectivity index (χ1n) is 12.2. The van der Waals surface area contributed by atoms with Gasteiger partial charge in [0.25, 0.3) is 5.56 Å². The predicted molar refractivity (Wildman–Crippen MR) is 161 cm³/mol. The van der Waals surface area contributed by atoms with E-state index in [2.05, 4.69) is 26.0 Å². The fraction of sp³-hybridized carbons (Fsp3) is 0.0690. The normalized spacial score (nSPS) is 11.8. The van der Waals surface area contributed by atoms with Gasteiger partial charge in [0.2, 0.25) is 5.75 Å². The highest BCUT2D eigenvalue weighted by Gasteiger charge is 2.31. The average Bonchev–Trinajstić information content (AvgIpc) is 2.96. The van der Waals surface area contributed by atoms with E-state index in [0.717, 1.165) is 23.0 Å². The summed E-state index contributed by atoms with van der Waals surface area (Å²) in [7, 11) is 0. The molecule has 0 aliphatic carbocycles. The molecule has 0 atom stereocenters. The molecule has 218 valence electrons. The van der Waals surface area contributed by atoms with E-state index >= 15 is 0 Å². The Balaban J connectivity index is 1.57. The van der Waals surface area contributed by atoms with Gasteiger partial charge in [0.1, 0.15) is 6.61 Å². The monoisotopic (exact) mass is 690 g/mol. The lowest BCUT2D eigenvalue weighted by Gasteiger charge is -2.12. The molecular weight excluding hydrogens is 676 g/mol. The van der Waals surface area contributed by atoms with E-state index in [1.54, 1.807) is 30.3 Å². The number of nitro groups is 1. The predicted octanol–water partition coefficient (Wildman–Crippen LogP) is 8.52. The lowest BCUT2D eigenvalue weighted by Crippen LogP contribution is -2.20. The number of hydrogen-bond donors (Lipinski definition) is 0. The molecule has 4 aromatic carbocycles. The Kier molecular flexibility index (Phi) is 8.54. The second kappa shape index (κ2) is 12.2. The van der Waals surface area contributed by atoms with Crippen molar-refractivity contribution in [2.45, 2.75) is 12.8 Å². The summed E-state index contributed by atoms with van der Waals surface area (Å²) >= 11 is 15.4. The maximum Gasteiger partial charge on any atom is 0.416 e. The van der Waals surface area contributed by atoms with Gasteiger partial charge in [-0.2, -0.15) is 22.9 Å². The lowest BCUT2D eigenvalue weighted by molar-refractivity contribution is -0.386. The first kappa shape index (κ1) is 30.2. The molecule has 0 spiro atoms. The van der Waals surface area contributed by atoms with Crippen molar-refractivity contribution in [1.29, 1.82) is 0 Å². The Bertz CT molecular complexity index is 1980. The molecule has 0 saturated heterocycles. The van der Waals surface area contributed by atoms with Crippen LogP contribution in [0.4, 0.5) is 18.9 Å². The minimum absolute atomic E-state index is 0.00778. The van der Waals surface area contributed by atoms with Gasteiger partial charge < -0.3 is 4.74 Å². The van der Waals surface area contributed by atoms with Crippen LogP contribution in [0.15, 0.2) is 93.2 Å². The van der Waals surface area contributed by atoms with Gasteiger partial charge in [-0.05, 0) is 58.4 Å². The summed E-state index contributed by atoms with van der Waals surface area (Å²) in [5.41, 5.74) is -1.02. The summed E-state index contributed by atoms with van der Waals surface area (Å²) in [4.78, 5) is 29.1. The van der Waals surface area contributed by atoms with Crippen LogP contribution in [-0.4, -0.2) is 20.8 Å². The number of rotatable bonds is 7. The van der Waals surface area contributed by atoms with Gasteiger partial charge in [-0.1, -0.05) is 53.5 Å². The third-order valence-electron chi connectivity index (χ3n) is 6.15. The van der Waals surface area contributed by atoms with Crippen LogP contribution in [-0.2, 0) is 12.8 Å². The third-order valence-corrected chi connectivity index (χ3v) is 7.33. The van der Waals surface area contributed by atoms with Gasteiger partial charge in [0, 0.05) is 32.8 Å². The van der Waals surface area contributed by atoms with Crippen molar-refractivity contribution in [2.24, 2.45) is 5.10 Å². The smallest absolute Gasteiger partial charge is 0.416 e. The van der Waals surface area contributed by atoms with Crippen LogP contribution in [0.1, 0.15) is 16.7 Å². The lowest BCUT2D eigenvalue weighted by atomic mass is 10.1. The van der Waals surface area contributed by atoms with Gasteiger partial charge >= 0.3 is 11.9 Å². The molecule has 0 radical (unpaired) electrons. The fourth-order valence-electron chi connectivity index (χ4n) is 4.12. The van der Waals surface area contributed by atoms with E-state index in [-0.39, 0.29) is 44.7 Å². The number of ether oxygens (including phenoxy) is 1. The summed E-state index contributed by atoms with van der Waals surface area (Å²) in [6, 6.07) is 18.0. The highest BCUT2D eigenvalue weighted by molar-refractivity contribution is 9.10. The Morgan fingerprint density at radius 2 is 1.81 bits per heavy atom. The maximum atomic E-state index is 13.4. The summed E-state index contributed by atoms with van der Waals surface area (Å²) in [6.45, 7) is -0.0959. The van der Waals surface area contributed by atoms with E-state index in [1.807, 2.05) is 0 Å². The molecule has 0 bridgehead atoms. The van der Waals surface area contributed by atoms with Gasteiger partial charge in [0.05, 0.1) is 32.1 Å². The van der Waals surface area contributed by atoms with Crippen molar-refractivity contribution in [3.8, 4) is 17.1 Å². The Labute approximate surface area is 259 Å². The highest BCUT2D eigenvalue weighted by atomic mass is 79.9. The molecule has 1 aromatic heterocycles. The molecule has 0 fully saturated rings. The molecule has 1 heterocycles. The summed E-state index contributed by atoms with van der Waals surface area (Å²) in [6.07, 6.45) is -3.47. The van der Waals surface area contributed by atoms with Gasteiger partial charge in [-0.25, -0.2) is 4.98 Å². The minimum Gasteiger partial charge on any atom is -0.481 e. The molecule has 0 aliphatic heterocycles. The number of hydrogen-bond acceptors (Lipinski definition) is 6. The molecule has 43 heavy (non-hydrogen) atoms. The molecule has 0 unspecified atom stereocenters. The van der Waals surface area contributed by atoms with Crippen molar-refractivity contribution >= 4 is 61.9 Å². The summed E-state index contributed by atoms with van der Waals surface area (Å²) < 4.78 is 47.1. The second-order valence-electron chi connectivity index (χ2n) is 9.03. The molecule has 0 N–H and O–H groups in total. The van der Waals surface area contributed by atoms with E-state index in [0.29, 0.717) is 15.6 Å². The van der Waals surface area contributed by atoms with Gasteiger partial charge in [-0.3, -0.25) is 14.9 Å². The Hall–Kier alpha value is -4.26. The largest absolute Gasteiger partial charge is 0.481 e. The molecule has 5 aromatic rings. The van der Waals surface area contributed by atoms with E-state index in [9.17, 15) is 28.1 Å². The van der Waals surface area contributed by atoms with Gasteiger partial charge in [0.15, 0.2) is 5.82 Å². The van der Waals surface area contributed by atoms with Crippen molar-refractivity contribution in [1.82, 2.24) is 9.66 Å². The standard InChI is InChI=1S/C29H16BrCl2F3N4O4/c30-22-10-16(11-25(39(41)42)26(22)43-15-18-8-9-20(31)13-23(18)32)14-36-38-27(17-4-3-5-19(12-17)29(33,34)35)37-24-7-2-1-6-21(24)28(38)40/h1-14H,15H2. The number of nitro benzene ring substituents is 1. The Morgan fingerprint density at radius 1 is 1.05 bits per heavy atom. The average molecular weight is 692 g/mol. The maximum absolute atomic E-state index is 13.4. The van der Waals surface area contributed by atoms with E-state index in [4.69, 9.17) is 27.9 Å². The second-order valence-corrected chi connectivity index (χ2v) is 10.7. The zero-order valence-corrected chi connectivity index (χ0v) is 24.6. The SMILES string of the molecule is O=c1c2ccccc2nc(-c2cccc(C(F)(F)F)c2)n1N=Cc1cc(Br)c(OCc2ccc(Cl)cc2Cl)c([N+](=O)[O-])c1. The van der Waals surface area contributed by atoms with Crippen LogP contribution in [0.25, 0.3) is 22.3 Å². The number of para-hydroxylation sites is 1. The number of aromatic nitrogens is 2.